The molecule has 0 aliphatic heterocycles. The van der Waals surface area contributed by atoms with Gasteiger partial charge in [-0.15, -0.1) is 0 Å². The van der Waals surface area contributed by atoms with Crippen LogP contribution in [-0.2, 0) is 34.1 Å². The SMILES string of the molecule is O.O.[Fe].[Mn]. The van der Waals surface area contributed by atoms with Crippen molar-refractivity contribution < 1.29 is 45.1 Å². The van der Waals surface area contributed by atoms with Gasteiger partial charge in [-0.1, -0.05) is 0 Å². The van der Waals surface area contributed by atoms with Gasteiger partial charge in [0, 0.05) is 34.1 Å². The van der Waals surface area contributed by atoms with Crippen molar-refractivity contribution in [1.82, 2.24) is 0 Å². The predicted molar refractivity (Wildman–Crippen MR) is 7.23 cm³/mol. The van der Waals surface area contributed by atoms with Crippen LogP contribution < -0.4 is 0 Å². The quantitative estimate of drug-likeness (QED) is 0.368. The molecule has 31 valence electrons. The van der Waals surface area contributed by atoms with Crippen LogP contribution in [0.15, 0.2) is 0 Å². The molecule has 0 amide bonds. The van der Waals surface area contributed by atoms with Crippen LogP contribution in [0.4, 0.5) is 0 Å². The fourth-order valence-electron chi connectivity index (χ4n) is 0. The van der Waals surface area contributed by atoms with Gasteiger partial charge in [0.1, 0.15) is 0 Å². The number of hydrogen-bond acceptors (Lipinski definition) is 0. The van der Waals surface area contributed by atoms with Crippen molar-refractivity contribution in [2.45, 2.75) is 0 Å². The Labute approximate surface area is 45.5 Å². The topological polar surface area (TPSA) is 63.0 Å². The van der Waals surface area contributed by atoms with E-state index in [1.807, 2.05) is 0 Å². The Morgan fingerprint density at radius 3 is 0.750 bits per heavy atom. The minimum Gasteiger partial charge on any atom is -0.412 e. The molecule has 0 aromatic carbocycles. The third kappa shape index (κ3) is 12.3. The zero-order valence-corrected chi connectivity index (χ0v) is 4.02. The zero-order valence-electron chi connectivity index (χ0n) is 1.73. The van der Waals surface area contributed by atoms with E-state index in [-0.39, 0.29) is 45.1 Å². The average Bonchev–Trinajstić information content (AvgIpc) is 0. The van der Waals surface area contributed by atoms with Gasteiger partial charge in [0.25, 0.3) is 0 Å². The Kier molecular flexibility index (Phi) is 796. The molecule has 0 unspecified atom stereocenters. The molecule has 0 aliphatic carbocycles. The Morgan fingerprint density at radius 2 is 0.750 bits per heavy atom. The van der Waals surface area contributed by atoms with Gasteiger partial charge in [-0.2, -0.15) is 0 Å². The first-order chi connectivity index (χ1) is 0. The summed E-state index contributed by atoms with van der Waals surface area (Å²) in [5, 5.41) is 0. The monoisotopic (exact) mass is 147 g/mol. The van der Waals surface area contributed by atoms with E-state index < -0.39 is 0 Å². The van der Waals surface area contributed by atoms with Crippen molar-refractivity contribution in [2.24, 2.45) is 0 Å². The normalized spacial score (nSPS) is 0. The molecule has 0 rings (SSSR count). The summed E-state index contributed by atoms with van der Waals surface area (Å²) < 4.78 is 0. The molecular formula is H4FeMnO2. The van der Waals surface area contributed by atoms with E-state index in [0.29, 0.717) is 0 Å². The molecule has 2 nitrogen and oxygen atoms in total. The second kappa shape index (κ2) is 37.7. The summed E-state index contributed by atoms with van der Waals surface area (Å²) in [6.07, 6.45) is 0. The molecule has 0 bridgehead atoms. The fraction of sp³-hybridized carbons (Fsp3) is 0. The first-order valence-electron chi connectivity index (χ1n) is 0. The maximum Gasteiger partial charge on any atom is 0 e. The molecule has 1 radical (unpaired) electrons. The molecule has 0 saturated carbocycles. The van der Waals surface area contributed by atoms with Gasteiger partial charge < -0.3 is 11.0 Å². The van der Waals surface area contributed by atoms with Crippen LogP contribution in [-0.4, -0.2) is 11.0 Å². The summed E-state index contributed by atoms with van der Waals surface area (Å²) in [5.74, 6) is 0. The Balaban J connectivity index is 0. The van der Waals surface area contributed by atoms with E-state index >= 15 is 0 Å². The number of hydrogen-bond donors (Lipinski definition) is 0. The molecule has 4 N–H and O–H groups in total. The summed E-state index contributed by atoms with van der Waals surface area (Å²) in [5.41, 5.74) is 0. The van der Waals surface area contributed by atoms with Gasteiger partial charge in [-0.25, -0.2) is 0 Å². The van der Waals surface area contributed by atoms with E-state index in [0.717, 1.165) is 0 Å². The predicted octanol–water partition coefficient (Wildman–Crippen LogP) is -1.65. The molecule has 4 heavy (non-hydrogen) atoms. The molecule has 4 heteroatoms. The van der Waals surface area contributed by atoms with Crippen molar-refractivity contribution in [3.8, 4) is 0 Å². The molecule has 0 saturated heterocycles. The van der Waals surface area contributed by atoms with E-state index in [9.17, 15) is 0 Å². The van der Waals surface area contributed by atoms with Crippen LogP contribution in [0.25, 0.3) is 0 Å². The van der Waals surface area contributed by atoms with Crippen LogP contribution in [0, 0.1) is 0 Å². The van der Waals surface area contributed by atoms with Gasteiger partial charge in [0.15, 0.2) is 0 Å². The van der Waals surface area contributed by atoms with Crippen LogP contribution in [0.5, 0.6) is 0 Å². The minimum absolute atomic E-state index is 0. The van der Waals surface area contributed by atoms with E-state index in [1.165, 1.54) is 0 Å². The van der Waals surface area contributed by atoms with Gasteiger partial charge in [-0.3, -0.25) is 0 Å². The minimum atomic E-state index is 0. The Bertz CT molecular complexity index is 6.00. The van der Waals surface area contributed by atoms with E-state index in [4.69, 9.17) is 0 Å². The largest absolute Gasteiger partial charge is 0.412 e. The third-order valence-electron chi connectivity index (χ3n) is 0. The molecule has 0 aliphatic rings. The van der Waals surface area contributed by atoms with Crippen LogP contribution in [0.3, 0.4) is 0 Å². The first-order valence-corrected chi connectivity index (χ1v) is 0. The van der Waals surface area contributed by atoms with Crippen LogP contribution in [0.2, 0.25) is 0 Å². The Morgan fingerprint density at radius 1 is 0.750 bits per heavy atom. The van der Waals surface area contributed by atoms with Gasteiger partial charge in [-0.05, 0) is 0 Å². The van der Waals surface area contributed by atoms with Crippen molar-refractivity contribution in [3.63, 3.8) is 0 Å². The summed E-state index contributed by atoms with van der Waals surface area (Å²) >= 11 is 0. The summed E-state index contributed by atoms with van der Waals surface area (Å²) in [7, 11) is 0. The van der Waals surface area contributed by atoms with Gasteiger partial charge in [0.05, 0.1) is 0 Å². The van der Waals surface area contributed by atoms with Gasteiger partial charge >= 0.3 is 0 Å². The number of rotatable bonds is 0. The molecule has 0 fully saturated rings. The second-order valence-corrected chi connectivity index (χ2v) is 0. The van der Waals surface area contributed by atoms with Crippen molar-refractivity contribution in [3.05, 3.63) is 0 Å². The molecular weight excluding hydrogens is 143 g/mol. The maximum absolute atomic E-state index is 0. The van der Waals surface area contributed by atoms with Crippen molar-refractivity contribution in [2.75, 3.05) is 0 Å². The second-order valence-electron chi connectivity index (χ2n) is 0. The summed E-state index contributed by atoms with van der Waals surface area (Å²) in [4.78, 5) is 0. The van der Waals surface area contributed by atoms with Crippen LogP contribution >= 0.6 is 0 Å². The average molecular weight is 147 g/mol. The zero-order chi connectivity index (χ0) is 0. The third-order valence-corrected chi connectivity index (χ3v) is 0. The maximum atomic E-state index is 0. The first kappa shape index (κ1) is 84.5. The smallest absolute Gasteiger partial charge is 0 e. The van der Waals surface area contributed by atoms with Crippen molar-refractivity contribution >= 4 is 0 Å². The summed E-state index contributed by atoms with van der Waals surface area (Å²) in [6, 6.07) is 0. The molecule has 0 heterocycles. The van der Waals surface area contributed by atoms with Crippen molar-refractivity contribution in [1.29, 1.82) is 0 Å². The van der Waals surface area contributed by atoms with E-state index in [2.05, 4.69) is 0 Å². The standard InChI is InChI=1S/Fe.Mn.2H2O/h;;2*1H2. The molecule has 0 atom stereocenters. The van der Waals surface area contributed by atoms with Crippen LogP contribution in [0.1, 0.15) is 0 Å². The summed E-state index contributed by atoms with van der Waals surface area (Å²) in [6.45, 7) is 0. The van der Waals surface area contributed by atoms with Gasteiger partial charge in [0.2, 0.25) is 0 Å². The fourth-order valence-corrected chi connectivity index (χ4v) is 0. The molecule has 0 aromatic heterocycles. The van der Waals surface area contributed by atoms with E-state index in [1.54, 1.807) is 0 Å². The Hall–Kier alpha value is 0.959. The molecule has 0 spiro atoms. The molecule has 0 aromatic rings.